The molecule has 0 aromatic carbocycles. The number of nitrogens with zero attached hydrogens (tertiary/aromatic N) is 3. The van der Waals surface area contributed by atoms with Gasteiger partial charge in [-0.1, -0.05) is 0 Å². The van der Waals surface area contributed by atoms with Crippen LogP contribution < -0.4 is 0 Å². The summed E-state index contributed by atoms with van der Waals surface area (Å²) in [7, 11) is 0. The van der Waals surface area contributed by atoms with E-state index in [1.54, 1.807) is 6.92 Å². The van der Waals surface area contributed by atoms with Gasteiger partial charge in [0.05, 0.1) is 0 Å². The van der Waals surface area contributed by atoms with Crippen molar-refractivity contribution in [3.8, 4) is 0 Å². The van der Waals surface area contributed by atoms with Crippen LogP contribution in [0.3, 0.4) is 0 Å². The minimum absolute atomic E-state index is 0.332. The first-order chi connectivity index (χ1) is 10.6. The van der Waals surface area contributed by atoms with E-state index in [4.69, 9.17) is 0 Å². The number of rotatable bonds is 3. The summed E-state index contributed by atoms with van der Waals surface area (Å²) >= 11 is 0. The van der Waals surface area contributed by atoms with Crippen LogP contribution in [0.1, 0.15) is 62.8 Å². The van der Waals surface area contributed by atoms with Crippen molar-refractivity contribution in [3.63, 3.8) is 0 Å². The van der Waals surface area contributed by atoms with Crippen molar-refractivity contribution < 1.29 is 4.79 Å². The van der Waals surface area contributed by atoms with Gasteiger partial charge in [0.1, 0.15) is 11.6 Å². The Morgan fingerprint density at radius 3 is 2.18 bits per heavy atom. The number of ketones is 1. The first kappa shape index (κ1) is 15.6. The maximum atomic E-state index is 11.5. The minimum Gasteiger partial charge on any atom is -0.300 e. The molecule has 4 heteroatoms. The lowest BCUT2D eigenvalue weighted by molar-refractivity contribution is -0.122. The Kier molecular flexibility index (Phi) is 4.87. The zero-order valence-corrected chi connectivity index (χ0v) is 13.8. The van der Waals surface area contributed by atoms with Crippen molar-refractivity contribution in [2.75, 3.05) is 13.1 Å². The number of likely N-dealkylation sites (tertiary alicyclic amines) is 1. The van der Waals surface area contributed by atoms with E-state index in [0.29, 0.717) is 23.7 Å². The molecule has 1 aliphatic heterocycles. The Morgan fingerprint density at radius 1 is 1.05 bits per heavy atom. The third kappa shape index (κ3) is 3.54. The second-order valence-corrected chi connectivity index (χ2v) is 6.99. The number of Topliss-reactive ketones (excluding diaryl/α,β-unsaturated/α-hetero) is 1. The lowest BCUT2D eigenvalue weighted by atomic mass is 9.82. The van der Waals surface area contributed by atoms with E-state index in [2.05, 4.69) is 14.9 Å². The Morgan fingerprint density at radius 2 is 1.64 bits per heavy atom. The van der Waals surface area contributed by atoms with Gasteiger partial charge in [0.25, 0.3) is 0 Å². The Hall–Kier alpha value is -1.29. The number of carbonyl (C=O) groups is 1. The number of carbonyl (C=O) groups excluding carboxylic acids is 1. The van der Waals surface area contributed by atoms with E-state index in [-0.39, 0.29) is 0 Å². The van der Waals surface area contributed by atoms with Crippen molar-refractivity contribution >= 4 is 5.78 Å². The van der Waals surface area contributed by atoms with E-state index in [0.717, 1.165) is 18.7 Å². The van der Waals surface area contributed by atoms with E-state index < -0.39 is 0 Å². The Labute approximate surface area is 133 Å². The highest BCUT2D eigenvalue weighted by Gasteiger charge is 2.30. The molecule has 3 rings (SSSR count). The zero-order valence-electron chi connectivity index (χ0n) is 13.8. The Balaban J connectivity index is 1.50. The molecule has 0 spiro atoms. The minimum atomic E-state index is 0.332. The summed E-state index contributed by atoms with van der Waals surface area (Å²) < 4.78 is 0. The number of hydrogen-bond acceptors (Lipinski definition) is 4. The molecule has 0 N–H and O–H groups in total. The molecule has 2 fully saturated rings. The summed E-state index contributed by atoms with van der Waals surface area (Å²) in [6.45, 7) is 6.03. The van der Waals surface area contributed by atoms with Crippen LogP contribution in [-0.4, -0.2) is 39.8 Å². The third-order valence-corrected chi connectivity index (χ3v) is 5.59. The second kappa shape index (κ2) is 6.86. The third-order valence-electron chi connectivity index (χ3n) is 5.59. The molecule has 2 heterocycles. The molecule has 0 amide bonds. The Bertz CT molecular complexity index is 498. The molecule has 1 aromatic heterocycles. The van der Waals surface area contributed by atoms with Gasteiger partial charge in [-0.2, -0.15) is 0 Å². The molecule has 0 atom stereocenters. The van der Waals surface area contributed by atoms with E-state index in [1.165, 1.54) is 44.3 Å². The zero-order chi connectivity index (χ0) is 15.5. The fourth-order valence-electron chi connectivity index (χ4n) is 4.06. The van der Waals surface area contributed by atoms with Crippen molar-refractivity contribution in [1.29, 1.82) is 0 Å². The van der Waals surface area contributed by atoms with Crippen molar-refractivity contribution in [2.45, 2.75) is 64.3 Å². The van der Waals surface area contributed by atoms with Crippen LogP contribution in [-0.2, 0) is 4.79 Å². The van der Waals surface area contributed by atoms with Crippen LogP contribution >= 0.6 is 0 Å². The molecule has 0 unspecified atom stereocenters. The van der Waals surface area contributed by atoms with Gasteiger partial charge in [-0.15, -0.1) is 0 Å². The van der Waals surface area contributed by atoms with Crippen LogP contribution in [0.2, 0.25) is 0 Å². The summed E-state index contributed by atoms with van der Waals surface area (Å²) in [6, 6.07) is 0.700. The standard InChI is InChI=1S/C18H27N3O/c1-13(22)15-3-5-18(6-4-15)21-9-7-16(8-10-21)17-11-19-14(2)20-12-17/h11-12,15-16,18H,3-10H2,1-2H3. The largest absolute Gasteiger partial charge is 0.300 e. The summed E-state index contributed by atoms with van der Waals surface area (Å²) in [5, 5.41) is 0. The number of aryl methyl sites for hydroxylation is 1. The monoisotopic (exact) mass is 301 g/mol. The van der Waals surface area contributed by atoms with E-state index in [1.807, 2.05) is 19.3 Å². The van der Waals surface area contributed by atoms with Crippen LogP contribution in [0.15, 0.2) is 12.4 Å². The van der Waals surface area contributed by atoms with Crippen LogP contribution in [0, 0.1) is 12.8 Å². The second-order valence-electron chi connectivity index (χ2n) is 6.99. The molecule has 1 aliphatic carbocycles. The lowest BCUT2D eigenvalue weighted by Crippen LogP contribution is -2.43. The van der Waals surface area contributed by atoms with Crippen LogP contribution in [0.5, 0.6) is 0 Å². The lowest BCUT2D eigenvalue weighted by Gasteiger charge is -2.40. The van der Waals surface area contributed by atoms with Gasteiger partial charge >= 0.3 is 0 Å². The number of piperidine rings is 1. The summed E-state index contributed by atoms with van der Waals surface area (Å²) in [5.41, 5.74) is 1.30. The molecule has 4 nitrogen and oxygen atoms in total. The highest BCUT2D eigenvalue weighted by molar-refractivity contribution is 5.78. The molecular weight excluding hydrogens is 274 g/mol. The van der Waals surface area contributed by atoms with Crippen molar-refractivity contribution in [1.82, 2.24) is 14.9 Å². The molecule has 0 bridgehead atoms. The molecule has 120 valence electrons. The fraction of sp³-hybridized carbons (Fsp3) is 0.722. The average Bonchev–Trinajstić information content (AvgIpc) is 2.56. The first-order valence-electron chi connectivity index (χ1n) is 8.66. The van der Waals surface area contributed by atoms with E-state index >= 15 is 0 Å². The topological polar surface area (TPSA) is 46.1 Å². The molecule has 1 aromatic rings. The molecule has 0 radical (unpaired) electrons. The average molecular weight is 301 g/mol. The predicted octanol–water partition coefficient (Wildman–Crippen LogP) is 3.11. The van der Waals surface area contributed by atoms with Gasteiger partial charge in [0.2, 0.25) is 0 Å². The smallest absolute Gasteiger partial charge is 0.132 e. The molecular formula is C18H27N3O. The van der Waals surface area contributed by atoms with Gasteiger partial charge in [0.15, 0.2) is 0 Å². The van der Waals surface area contributed by atoms with Gasteiger partial charge in [-0.25, -0.2) is 9.97 Å². The predicted molar refractivity (Wildman–Crippen MR) is 86.7 cm³/mol. The molecule has 1 saturated carbocycles. The SMILES string of the molecule is CC(=O)C1CCC(N2CCC(c3cnc(C)nc3)CC2)CC1. The summed E-state index contributed by atoms with van der Waals surface area (Å²) in [4.78, 5) is 22.8. The van der Waals surface area contributed by atoms with Gasteiger partial charge < -0.3 is 4.90 Å². The molecule has 1 saturated heterocycles. The highest BCUT2D eigenvalue weighted by atomic mass is 16.1. The van der Waals surface area contributed by atoms with Crippen molar-refractivity contribution in [2.24, 2.45) is 5.92 Å². The maximum absolute atomic E-state index is 11.5. The van der Waals surface area contributed by atoms with Crippen LogP contribution in [0.4, 0.5) is 0 Å². The first-order valence-corrected chi connectivity index (χ1v) is 8.66. The van der Waals surface area contributed by atoms with Crippen molar-refractivity contribution in [3.05, 3.63) is 23.8 Å². The normalized spacial score (nSPS) is 27.7. The van der Waals surface area contributed by atoms with E-state index in [9.17, 15) is 4.79 Å². The summed E-state index contributed by atoms with van der Waals surface area (Å²) in [5.74, 6) is 2.18. The van der Waals surface area contributed by atoms with Gasteiger partial charge in [-0.3, -0.25) is 4.79 Å². The van der Waals surface area contributed by atoms with Gasteiger partial charge in [0, 0.05) is 24.4 Å². The molecule has 22 heavy (non-hydrogen) atoms. The summed E-state index contributed by atoms with van der Waals surface area (Å²) in [6.07, 6.45) is 11.0. The number of aromatic nitrogens is 2. The van der Waals surface area contributed by atoms with Crippen LogP contribution in [0.25, 0.3) is 0 Å². The number of hydrogen-bond donors (Lipinski definition) is 0. The van der Waals surface area contributed by atoms with Gasteiger partial charge in [-0.05, 0) is 76.9 Å². The highest BCUT2D eigenvalue weighted by Crippen LogP contribution is 2.33. The fourth-order valence-corrected chi connectivity index (χ4v) is 4.06. The maximum Gasteiger partial charge on any atom is 0.132 e. The quantitative estimate of drug-likeness (QED) is 0.860. The molecule has 2 aliphatic rings.